The van der Waals surface area contributed by atoms with E-state index in [0.29, 0.717) is 18.2 Å². The number of hydrogen-bond donors (Lipinski definition) is 2. The summed E-state index contributed by atoms with van der Waals surface area (Å²) in [6.45, 7) is 4.88. The molecule has 0 spiro atoms. The molecule has 1 rings (SSSR count). The third-order valence-electron chi connectivity index (χ3n) is 4.13. The van der Waals surface area contributed by atoms with E-state index in [1.54, 1.807) is 5.32 Å². The average Bonchev–Trinajstić information content (AvgIpc) is 2.55. The minimum atomic E-state index is -1.24. The minimum absolute atomic E-state index is 0.177. The molecule has 0 saturated carbocycles. The first-order valence-corrected chi connectivity index (χ1v) is 8.55. The largest absolute Gasteiger partial charge is 0.544 e. The van der Waals surface area contributed by atoms with Gasteiger partial charge >= 0.3 is 0 Å². The molecule has 1 aromatic carbocycles. The Balaban J connectivity index is 2.50. The summed E-state index contributed by atoms with van der Waals surface area (Å²) in [5.74, 6) is -1.62. The highest BCUT2D eigenvalue weighted by molar-refractivity contribution is 5.93. The lowest BCUT2D eigenvalue weighted by molar-refractivity contribution is -0.687. The van der Waals surface area contributed by atoms with E-state index in [0.717, 1.165) is 25.7 Å². The number of quaternary nitrogens is 1. The van der Waals surface area contributed by atoms with Crippen LogP contribution in [0.5, 0.6) is 0 Å². The van der Waals surface area contributed by atoms with Crippen LogP contribution in [0, 0.1) is 11.7 Å². The Hall–Kier alpha value is -1.95. The molecule has 0 heterocycles. The van der Waals surface area contributed by atoms with Crippen molar-refractivity contribution in [1.82, 2.24) is 0 Å². The number of carbonyl (C=O) groups is 2. The number of carboxylic acids is 1. The van der Waals surface area contributed by atoms with E-state index in [1.165, 1.54) is 24.3 Å². The highest BCUT2D eigenvalue weighted by Crippen LogP contribution is 2.10. The Bertz CT molecular complexity index is 520. The van der Waals surface area contributed by atoms with Gasteiger partial charge in [0.05, 0.1) is 18.9 Å². The van der Waals surface area contributed by atoms with Crippen molar-refractivity contribution in [3.63, 3.8) is 0 Å². The summed E-state index contributed by atoms with van der Waals surface area (Å²) < 4.78 is 12.8. The standard InChI is InChI=1S/C18H27FN2O3/c1-3-5-6-13(4-2)12-20-16(18(23)24)11-17(22)21-15-9-7-14(19)8-10-15/h7-10,13,16,20H,3-6,11-12H2,1-2H3,(H,21,22)(H,23,24)/t13-,16+/m1/s1. The Kier molecular flexibility index (Phi) is 9.01. The van der Waals surface area contributed by atoms with E-state index >= 15 is 0 Å². The number of unbranched alkanes of at least 4 members (excludes halogenated alkanes) is 1. The maximum absolute atomic E-state index is 12.8. The first-order valence-electron chi connectivity index (χ1n) is 8.55. The van der Waals surface area contributed by atoms with Crippen LogP contribution in [-0.2, 0) is 9.59 Å². The third kappa shape index (κ3) is 7.55. The lowest BCUT2D eigenvalue weighted by Crippen LogP contribution is -2.94. The monoisotopic (exact) mass is 338 g/mol. The van der Waals surface area contributed by atoms with Gasteiger partial charge in [-0.1, -0.05) is 26.7 Å². The van der Waals surface area contributed by atoms with Crippen LogP contribution in [0.15, 0.2) is 24.3 Å². The highest BCUT2D eigenvalue weighted by atomic mass is 19.1. The molecule has 134 valence electrons. The molecule has 0 bridgehead atoms. The molecule has 3 N–H and O–H groups in total. The van der Waals surface area contributed by atoms with Crippen molar-refractivity contribution in [2.24, 2.45) is 5.92 Å². The summed E-state index contributed by atoms with van der Waals surface area (Å²) in [4.78, 5) is 23.3. The fraction of sp³-hybridized carbons (Fsp3) is 0.556. The van der Waals surface area contributed by atoms with Crippen LogP contribution in [0.4, 0.5) is 10.1 Å². The molecular formula is C18H27FN2O3. The third-order valence-corrected chi connectivity index (χ3v) is 4.13. The van der Waals surface area contributed by atoms with Crippen LogP contribution < -0.4 is 15.7 Å². The van der Waals surface area contributed by atoms with Crippen molar-refractivity contribution in [1.29, 1.82) is 0 Å². The van der Waals surface area contributed by atoms with Gasteiger partial charge in [-0.05, 0) is 37.1 Å². The van der Waals surface area contributed by atoms with Crippen molar-refractivity contribution in [2.75, 3.05) is 11.9 Å². The van der Waals surface area contributed by atoms with Gasteiger partial charge < -0.3 is 20.5 Å². The molecule has 0 aliphatic heterocycles. The first-order chi connectivity index (χ1) is 11.5. The molecule has 1 amide bonds. The van der Waals surface area contributed by atoms with Gasteiger partial charge in [-0.15, -0.1) is 0 Å². The molecule has 2 atom stereocenters. The van der Waals surface area contributed by atoms with E-state index in [-0.39, 0.29) is 6.42 Å². The minimum Gasteiger partial charge on any atom is -0.544 e. The second-order valence-electron chi connectivity index (χ2n) is 6.07. The number of nitrogens with two attached hydrogens (primary N) is 1. The maximum Gasteiger partial charge on any atom is 0.230 e. The zero-order chi connectivity index (χ0) is 17.9. The second-order valence-corrected chi connectivity index (χ2v) is 6.07. The molecule has 0 aromatic heterocycles. The number of nitrogens with one attached hydrogen (secondary N) is 1. The Labute approximate surface area is 142 Å². The molecule has 0 fully saturated rings. The topological polar surface area (TPSA) is 85.8 Å². The van der Waals surface area contributed by atoms with E-state index in [2.05, 4.69) is 19.2 Å². The molecule has 6 heteroatoms. The predicted molar refractivity (Wildman–Crippen MR) is 88.5 cm³/mol. The summed E-state index contributed by atoms with van der Waals surface area (Å²) in [6.07, 6.45) is 4.10. The summed E-state index contributed by atoms with van der Waals surface area (Å²) in [5.41, 5.74) is 0.438. The molecule has 0 saturated heterocycles. The molecule has 5 nitrogen and oxygen atoms in total. The van der Waals surface area contributed by atoms with Gasteiger partial charge in [0.1, 0.15) is 11.9 Å². The van der Waals surface area contributed by atoms with Gasteiger partial charge in [-0.3, -0.25) is 4.79 Å². The number of carboxylic acid groups (broad SMARTS) is 1. The summed E-state index contributed by atoms with van der Waals surface area (Å²) in [5, 5.41) is 15.5. The van der Waals surface area contributed by atoms with Crippen LogP contribution in [0.1, 0.15) is 46.0 Å². The van der Waals surface area contributed by atoms with Crippen molar-refractivity contribution < 1.29 is 24.4 Å². The van der Waals surface area contributed by atoms with Crippen LogP contribution in [-0.4, -0.2) is 24.5 Å². The van der Waals surface area contributed by atoms with Gasteiger partial charge in [0.25, 0.3) is 0 Å². The average molecular weight is 338 g/mol. The molecule has 0 aliphatic carbocycles. The quantitative estimate of drug-likeness (QED) is 0.632. The summed E-state index contributed by atoms with van der Waals surface area (Å²) in [6, 6.07) is 4.42. The molecule has 24 heavy (non-hydrogen) atoms. The van der Waals surface area contributed by atoms with E-state index in [9.17, 15) is 19.1 Å². The number of rotatable bonds is 11. The van der Waals surface area contributed by atoms with Crippen LogP contribution in [0.3, 0.4) is 0 Å². The number of amides is 1. The zero-order valence-corrected chi connectivity index (χ0v) is 14.4. The van der Waals surface area contributed by atoms with Crippen LogP contribution >= 0.6 is 0 Å². The van der Waals surface area contributed by atoms with E-state index in [1.807, 2.05) is 0 Å². The fourth-order valence-electron chi connectivity index (χ4n) is 2.55. The van der Waals surface area contributed by atoms with Gasteiger partial charge in [0.15, 0.2) is 0 Å². The second kappa shape index (κ2) is 10.8. The number of carbonyl (C=O) groups excluding carboxylic acids is 2. The van der Waals surface area contributed by atoms with E-state index in [4.69, 9.17) is 0 Å². The van der Waals surface area contributed by atoms with Crippen LogP contribution in [0.25, 0.3) is 0 Å². The molecule has 0 aliphatic rings. The van der Waals surface area contributed by atoms with Crippen molar-refractivity contribution >= 4 is 17.6 Å². The SMILES string of the molecule is CCCC[C@@H](CC)C[NH2+][C@@H](CC(=O)Nc1ccc(F)cc1)C(=O)[O-]. The Morgan fingerprint density at radius 3 is 2.46 bits per heavy atom. The molecule has 0 radical (unpaired) electrons. The lowest BCUT2D eigenvalue weighted by atomic mass is 9.99. The summed E-state index contributed by atoms with van der Waals surface area (Å²) >= 11 is 0. The van der Waals surface area contributed by atoms with Crippen molar-refractivity contribution in [2.45, 2.75) is 52.0 Å². The van der Waals surface area contributed by atoms with Gasteiger partial charge in [-0.25, -0.2) is 4.39 Å². The first kappa shape index (κ1) is 20.1. The van der Waals surface area contributed by atoms with Crippen molar-refractivity contribution in [3.8, 4) is 0 Å². The normalized spacial score (nSPS) is 13.3. The van der Waals surface area contributed by atoms with Crippen LogP contribution in [0.2, 0.25) is 0 Å². The fourth-order valence-corrected chi connectivity index (χ4v) is 2.55. The number of hydrogen-bond acceptors (Lipinski definition) is 3. The van der Waals surface area contributed by atoms with Gasteiger partial charge in [-0.2, -0.15) is 0 Å². The molecule has 0 unspecified atom stereocenters. The zero-order valence-electron chi connectivity index (χ0n) is 14.4. The predicted octanol–water partition coefficient (Wildman–Crippen LogP) is 1.05. The number of aliphatic carboxylic acids is 1. The molecular weight excluding hydrogens is 311 g/mol. The number of anilines is 1. The lowest BCUT2D eigenvalue weighted by Gasteiger charge is -2.20. The Morgan fingerprint density at radius 1 is 1.25 bits per heavy atom. The number of benzene rings is 1. The van der Waals surface area contributed by atoms with Crippen molar-refractivity contribution in [3.05, 3.63) is 30.1 Å². The molecule has 1 aromatic rings. The highest BCUT2D eigenvalue weighted by Gasteiger charge is 2.20. The maximum atomic E-state index is 12.8. The number of halogens is 1. The Morgan fingerprint density at radius 2 is 1.92 bits per heavy atom. The smallest absolute Gasteiger partial charge is 0.230 e. The summed E-state index contributed by atoms with van der Waals surface area (Å²) in [7, 11) is 0. The van der Waals surface area contributed by atoms with Gasteiger partial charge in [0.2, 0.25) is 5.91 Å². The van der Waals surface area contributed by atoms with E-state index < -0.39 is 23.7 Å². The van der Waals surface area contributed by atoms with Gasteiger partial charge in [0, 0.05) is 11.6 Å².